The third-order valence-electron chi connectivity index (χ3n) is 3.02. The molecule has 1 N–H and O–H groups in total. The summed E-state index contributed by atoms with van der Waals surface area (Å²) in [5, 5.41) is 2.56. The fourth-order valence-electron chi connectivity index (χ4n) is 1.96. The van der Waals surface area contributed by atoms with E-state index in [1.54, 1.807) is 36.5 Å². The van der Waals surface area contributed by atoms with Gasteiger partial charge in [0.05, 0.1) is 12.5 Å². The number of nitrogens with zero attached hydrogens (tertiary/aromatic N) is 2. The van der Waals surface area contributed by atoms with Crippen LogP contribution in [0.25, 0.3) is 0 Å². The molecule has 1 aliphatic heterocycles. The molecule has 21 heavy (non-hydrogen) atoms. The molecule has 3 rings (SSSR count). The number of amides is 1. The largest absolute Gasteiger partial charge is 0.368 e. The van der Waals surface area contributed by atoms with Crippen LogP contribution in [0.2, 0.25) is 0 Å². The third-order valence-corrected chi connectivity index (χ3v) is 4.07. The highest BCUT2D eigenvalue weighted by atomic mass is 32.2. The van der Waals surface area contributed by atoms with Gasteiger partial charge in [0.2, 0.25) is 0 Å². The summed E-state index contributed by atoms with van der Waals surface area (Å²) in [6.07, 6.45) is 1.63. The number of nitrogens with one attached hydrogen (secondary N) is 1. The summed E-state index contributed by atoms with van der Waals surface area (Å²) >= 11 is 1.54. The second kappa shape index (κ2) is 6.11. The molecule has 1 fully saturated rings. The Morgan fingerprint density at radius 2 is 2.14 bits per heavy atom. The van der Waals surface area contributed by atoms with Gasteiger partial charge in [-0.2, -0.15) is 4.98 Å². The summed E-state index contributed by atoms with van der Waals surface area (Å²) in [5.74, 6) is 0.525. The Labute approximate surface area is 125 Å². The maximum atomic E-state index is 12.0. The molecule has 1 unspecified atom stereocenters. The summed E-state index contributed by atoms with van der Waals surface area (Å²) in [7, 11) is 0. The minimum atomic E-state index is -0.399. The van der Waals surface area contributed by atoms with E-state index in [1.165, 1.54) is 16.3 Å². The molecule has 1 amide bonds. The van der Waals surface area contributed by atoms with Gasteiger partial charge in [-0.3, -0.25) is 9.36 Å². The lowest BCUT2D eigenvalue weighted by Gasteiger charge is -2.11. The van der Waals surface area contributed by atoms with E-state index >= 15 is 0 Å². The van der Waals surface area contributed by atoms with Gasteiger partial charge < -0.3 is 10.1 Å². The zero-order valence-electron chi connectivity index (χ0n) is 11.1. The Balaban J connectivity index is 1.76. The average Bonchev–Trinajstić information content (AvgIpc) is 3.02. The number of aromatic nitrogens is 2. The van der Waals surface area contributed by atoms with E-state index in [-0.39, 0.29) is 17.1 Å². The molecule has 108 valence electrons. The van der Waals surface area contributed by atoms with Crippen molar-refractivity contribution in [1.82, 2.24) is 9.55 Å². The normalized spacial score (nSPS) is 17.6. The molecule has 1 aromatic heterocycles. The number of benzene rings is 1. The zero-order valence-corrected chi connectivity index (χ0v) is 11.9. The number of ether oxygens (including phenoxy) is 1. The van der Waals surface area contributed by atoms with Crippen molar-refractivity contribution >= 4 is 23.5 Å². The summed E-state index contributed by atoms with van der Waals surface area (Å²) in [5.41, 5.74) is 0.118. The second-order valence-corrected chi connectivity index (χ2v) is 5.55. The molecule has 1 aliphatic rings. The maximum absolute atomic E-state index is 12.0. The molecule has 0 spiro atoms. The standard InChI is InChI=1S/C14H13N3O3S/c18-13(10-4-2-1-3-5-10)15-11-6-7-17(14(19)16-11)12-8-20-9-21-12/h1-7,12H,8-9H2,(H,15,16,18,19). The van der Waals surface area contributed by atoms with Gasteiger partial charge in [0.25, 0.3) is 5.91 Å². The van der Waals surface area contributed by atoms with Crippen molar-refractivity contribution < 1.29 is 9.53 Å². The Morgan fingerprint density at radius 3 is 2.81 bits per heavy atom. The smallest absolute Gasteiger partial charge is 0.350 e. The van der Waals surface area contributed by atoms with Crippen molar-refractivity contribution in [3.8, 4) is 0 Å². The van der Waals surface area contributed by atoms with E-state index in [1.807, 2.05) is 6.07 Å². The number of hydrogen-bond acceptors (Lipinski definition) is 5. The number of rotatable bonds is 3. The van der Waals surface area contributed by atoms with Crippen LogP contribution in [-0.4, -0.2) is 28.0 Å². The highest BCUT2D eigenvalue weighted by Crippen LogP contribution is 2.27. The quantitative estimate of drug-likeness (QED) is 0.934. The topological polar surface area (TPSA) is 73.2 Å². The molecular formula is C14H13N3O3S. The van der Waals surface area contributed by atoms with E-state index in [4.69, 9.17) is 4.74 Å². The van der Waals surface area contributed by atoms with Crippen LogP contribution in [0, 0.1) is 0 Å². The first-order valence-corrected chi connectivity index (χ1v) is 7.44. The predicted octanol–water partition coefficient (Wildman–Crippen LogP) is 1.72. The number of anilines is 1. The molecular weight excluding hydrogens is 290 g/mol. The van der Waals surface area contributed by atoms with Crippen molar-refractivity contribution in [2.45, 2.75) is 5.37 Å². The minimum absolute atomic E-state index is 0.0520. The minimum Gasteiger partial charge on any atom is -0.368 e. The second-order valence-electron chi connectivity index (χ2n) is 4.43. The Kier molecular flexibility index (Phi) is 4.03. The van der Waals surface area contributed by atoms with Gasteiger partial charge in [-0.05, 0) is 18.2 Å². The monoisotopic (exact) mass is 303 g/mol. The molecule has 2 aromatic rings. The Morgan fingerprint density at radius 1 is 1.33 bits per heavy atom. The number of hydrogen-bond donors (Lipinski definition) is 1. The lowest BCUT2D eigenvalue weighted by atomic mass is 10.2. The van der Waals surface area contributed by atoms with Crippen LogP contribution >= 0.6 is 11.8 Å². The molecule has 7 heteroatoms. The van der Waals surface area contributed by atoms with Crippen LogP contribution in [0.4, 0.5) is 5.82 Å². The summed E-state index contributed by atoms with van der Waals surface area (Å²) in [6, 6.07) is 10.4. The van der Waals surface area contributed by atoms with Crippen LogP contribution in [-0.2, 0) is 4.74 Å². The molecule has 1 atom stereocenters. The van der Waals surface area contributed by atoms with Crippen molar-refractivity contribution in [2.75, 3.05) is 17.9 Å². The lowest BCUT2D eigenvalue weighted by Crippen LogP contribution is -2.27. The summed E-state index contributed by atoms with van der Waals surface area (Å²) < 4.78 is 6.73. The molecule has 2 heterocycles. The van der Waals surface area contributed by atoms with E-state index in [0.29, 0.717) is 18.1 Å². The SMILES string of the molecule is O=C(Nc1ccn(C2COCS2)c(=O)n1)c1ccccc1. The van der Waals surface area contributed by atoms with Crippen molar-refractivity contribution in [1.29, 1.82) is 0 Å². The highest BCUT2D eigenvalue weighted by molar-refractivity contribution is 7.99. The first kappa shape index (κ1) is 13.8. The molecule has 0 aliphatic carbocycles. The lowest BCUT2D eigenvalue weighted by molar-refractivity contribution is 0.102. The maximum Gasteiger partial charge on any atom is 0.350 e. The predicted molar refractivity (Wildman–Crippen MR) is 80.3 cm³/mol. The zero-order chi connectivity index (χ0) is 14.7. The fraction of sp³-hybridized carbons (Fsp3) is 0.214. The Hall–Kier alpha value is -2.12. The molecule has 1 saturated heterocycles. The fourth-order valence-corrected chi connectivity index (χ4v) is 2.83. The molecule has 1 aromatic carbocycles. The van der Waals surface area contributed by atoms with Gasteiger partial charge in [-0.25, -0.2) is 4.79 Å². The van der Waals surface area contributed by atoms with Gasteiger partial charge in [-0.1, -0.05) is 18.2 Å². The third kappa shape index (κ3) is 3.14. The van der Waals surface area contributed by atoms with E-state index in [9.17, 15) is 9.59 Å². The van der Waals surface area contributed by atoms with E-state index < -0.39 is 5.69 Å². The highest BCUT2D eigenvalue weighted by Gasteiger charge is 2.19. The number of thioether (sulfide) groups is 1. The molecule has 0 saturated carbocycles. The van der Waals surface area contributed by atoms with Gasteiger partial charge in [-0.15, -0.1) is 11.8 Å². The first-order chi connectivity index (χ1) is 10.2. The first-order valence-electron chi connectivity index (χ1n) is 6.39. The van der Waals surface area contributed by atoms with Crippen molar-refractivity contribution in [3.05, 3.63) is 58.6 Å². The van der Waals surface area contributed by atoms with Gasteiger partial charge in [0.1, 0.15) is 11.2 Å². The summed E-state index contributed by atoms with van der Waals surface area (Å²) in [4.78, 5) is 27.8. The van der Waals surface area contributed by atoms with Gasteiger partial charge in [0, 0.05) is 11.8 Å². The van der Waals surface area contributed by atoms with Crippen molar-refractivity contribution in [2.24, 2.45) is 0 Å². The van der Waals surface area contributed by atoms with Crippen LogP contribution in [0.15, 0.2) is 47.4 Å². The molecule has 0 radical (unpaired) electrons. The number of carbonyl (C=O) groups excluding carboxylic acids is 1. The molecule has 0 bridgehead atoms. The van der Waals surface area contributed by atoms with E-state index in [2.05, 4.69) is 10.3 Å². The molecule has 6 nitrogen and oxygen atoms in total. The van der Waals surface area contributed by atoms with Crippen molar-refractivity contribution in [3.63, 3.8) is 0 Å². The van der Waals surface area contributed by atoms with E-state index in [0.717, 1.165) is 0 Å². The van der Waals surface area contributed by atoms with Crippen LogP contribution < -0.4 is 11.0 Å². The Bertz CT molecular complexity index is 696. The van der Waals surface area contributed by atoms with Gasteiger partial charge in [0.15, 0.2) is 0 Å². The number of carbonyl (C=O) groups is 1. The van der Waals surface area contributed by atoms with Crippen LogP contribution in [0.1, 0.15) is 15.7 Å². The van der Waals surface area contributed by atoms with Crippen LogP contribution in [0.5, 0.6) is 0 Å². The van der Waals surface area contributed by atoms with Gasteiger partial charge >= 0.3 is 5.69 Å². The average molecular weight is 303 g/mol. The van der Waals surface area contributed by atoms with Crippen LogP contribution in [0.3, 0.4) is 0 Å². The summed E-state index contributed by atoms with van der Waals surface area (Å²) in [6.45, 7) is 0.488.